The molecule has 0 atom stereocenters. The molecule has 0 aliphatic heterocycles. The van der Waals surface area contributed by atoms with Gasteiger partial charge >= 0.3 is 5.97 Å². The molecule has 0 aliphatic rings. The van der Waals surface area contributed by atoms with E-state index in [0.717, 1.165) is 9.13 Å². The van der Waals surface area contributed by atoms with Gasteiger partial charge in [0.25, 0.3) is 0 Å². The van der Waals surface area contributed by atoms with Crippen molar-refractivity contribution in [3.05, 3.63) is 65.1 Å². The van der Waals surface area contributed by atoms with Crippen LogP contribution in [-0.4, -0.2) is 17.9 Å². The maximum absolute atomic E-state index is 11.6. The fraction of sp³-hybridized carbons (Fsp3) is 0.300. The minimum Gasteiger partial charge on any atom is -0.460 e. The lowest BCUT2D eigenvalue weighted by Gasteiger charge is -2.19. The third-order valence-corrected chi connectivity index (χ3v) is 5.61. The highest BCUT2D eigenvalue weighted by Crippen LogP contribution is 2.26. The Kier molecular flexibility index (Phi) is 10.6. The van der Waals surface area contributed by atoms with Gasteiger partial charge in [-0.25, -0.2) is 0 Å². The number of esters is 1. The van der Waals surface area contributed by atoms with Gasteiger partial charge < -0.3 is 4.74 Å². The van der Waals surface area contributed by atoms with E-state index in [1.807, 2.05) is 32.9 Å². The zero-order chi connectivity index (χ0) is 21.5. The summed E-state index contributed by atoms with van der Waals surface area (Å²) in [5.41, 5.74) is 0.573. The first-order valence-electron chi connectivity index (χ1n) is 8.18. The maximum atomic E-state index is 11.6. The molecule has 3 nitrogen and oxygen atoms in total. The van der Waals surface area contributed by atoms with Crippen LogP contribution in [0.4, 0.5) is 0 Å². The molecule has 0 aromatic heterocycles. The third kappa shape index (κ3) is 9.31. The molecule has 0 spiro atoms. The summed E-state index contributed by atoms with van der Waals surface area (Å²) >= 11 is 25.4. The average Bonchev–Trinajstić information content (AvgIpc) is 2.55. The van der Waals surface area contributed by atoms with E-state index in [1.165, 1.54) is 0 Å². The number of halogens is 5. The topological polar surface area (TPSA) is 43.4 Å². The Labute approximate surface area is 198 Å². The Morgan fingerprint density at radius 3 is 2.04 bits per heavy atom. The average molecular weight is 576 g/mol. The molecule has 2 aromatic carbocycles. The first-order valence-corrected chi connectivity index (χ1v) is 10.8. The van der Waals surface area contributed by atoms with Gasteiger partial charge in [0.15, 0.2) is 6.29 Å². The van der Waals surface area contributed by atoms with Crippen molar-refractivity contribution >= 4 is 81.3 Å². The highest BCUT2D eigenvalue weighted by Gasteiger charge is 2.16. The van der Waals surface area contributed by atoms with Crippen molar-refractivity contribution in [1.29, 1.82) is 0 Å². The molecule has 0 amide bonds. The highest BCUT2D eigenvalue weighted by molar-refractivity contribution is 14.1. The molecule has 0 heterocycles. The largest absolute Gasteiger partial charge is 0.460 e. The molecule has 2 rings (SSSR count). The number of hydrogen-bond donors (Lipinski definition) is 0. The second-order valence-corrected chi connectivity index (χ2v) is 9.56. The van der Waals surface area contributed by atoms with Crippen LogP contribution in [-0.2, 0) is 16.0 Å². The molecule has 0 fully saturated rings. The third-order valence-electron chi connectivity index (χ3n) is 3.18. The molecule has 152 valence electrons. The lowest BCUT2D eigenvalue weighted by Crippen LogP contribution is -2.24. The number of ether oxygens (including phenoxy) is 1. The van der Waals surface area contributed by atoms with E-state index < -0.39 is 5.60 Å². The molecule has 2 aromatic rings. The summed E-state index contributed by atoms with van der Waals surface area (Å²) in [4.78, 5) is 22.3. The second-order valence-electron chi connectivity index (χ2n) is 6.74. The van der Waals surface area contributed by atoms with Crippen LogP contribution in [0.25, 0.3) is 0 Å². The number of aryl methyl sites for hydroxylation is 1. The smallest absolute Gasteiger partial charge is 0.306 e. The Hall–Kier alpha value is -0.530. The van der Waals surface area contributed by atoms with E-state index >= 15 is 0 Å². The molecular weight excluding hydrogens is 557 g/mol. The molecule has 0 aliphatic carbocycles. The van der Waals surface area contributed by atoms with Crippen LogP contribution in [0, 0.1) is 3.57 Å². The molecule has 0 unspecified atom stereocenters. The van der Waals surface area contributed by atoms with Crippen molar-refractivity contribution < 1.29 is 14.3 Å². The zero-order valence-electron chi connectivity index (χ0n) is 15.5. The summed E-state index contributed by atoms with van der Waals surface area (Å²) in [7, 11) is 0. The van der Waals surface area contributed by atoms with Gasteiger partial charge in [0, 0.05) is 15.0 Å². The number of carbonyl (C=O) groups excluding carboxylic acids is 2. The number of aldehydes is 1. The van der Waals surface area contributed by atoms with Gasteiger partial charge in [-0.3, -0.25) is 9.59 Å². The summed E-state index contributed by atoms with van der Waals surface area (Å²) in [5.74, 6) is -0.279. The van der Waals surface area contributed by atoms with Gasteiger partial charge in [-0.1, -0.05) is 46.4 Å². The van der Waals surface area contributed by atoms with E-state index in [2.05, 4.69) is 22.6 Å². The monoisotopic (exact) mass is 574 g/mol. The number of rotatable bonds is 4. The molecule has 0 bridgehead atoms. The van der Waals surface area contributed by atoms with Gasteiger partial charge in [0.2, 0.25) is 0 Å². The van der Waals surface area contributed by atoms with Crippen LogP contribution < -0.4 is 0 Å². The van der Waals surface area contributed by atoms with E-state index in [-0.39, 0.29) is 18.0 Å². The van der Waals surface area contributed by atoms with Crippen LogP contribution in [0.15, 0.2) is 30.3 Å². The van der Waals surface area contributed by atoms with Crippen LogP contribution in [0.5, 0.6) is 0 Å². The van der Waals surface area contributed by atoms with Gasteiger partial charge in [0.05, 0.1) is 20.6 Å². The molecule has 0 saturated carbocycles. The standard InChI is InChI=1S/C14H16Cl2O3.C6H3Cl2I/c1-14(2,3)19-13(18)5-4-9-6-11(15)10(8-17)12(16)7-9;7-4-1-2-6(9)5(8)3-4/h6-8H,4-5H2,1-3H3;1-3H. The molecule has 0 N–H and O–H groups in total. The summed E-state index contributed by atoms with van der Waals surface area (Å²) in [5, 5.41) is 1.98. The van der Waals surface area contributed by atoms with Crippen molar-refractivity contribution in [2.24, 2.45) is 0 Å². The lowest BCUT2D eigenvalue weighted by molar-refractivity contribution is -0.154. The van der Waals surface area contributed by atoms with E-state index in [9.17, 15) is 9.59 Å². The summed E-state index contributed by atoms with van der Waals surface area (Å²) < 4.78 is 6.23. The molecule has 0 saturated heterocycles. The first kappa shape index (κ1) is 25.5. The summed E-state index contributed by atoms with van der Waals surface area (Å²) in [6, 6.07) is 8.70. The van der Waals surface area contributed by atoms with Crippen molar-refractivity contribution in [2.75, 3.05) is 0 Å². The minimum atomic E-state index is -0.492. The lowest BCUT2D eigenvalue weighted by atomic mass is 10.1. The minimum absolute atomic E-state index is 0.240. The van der Waals surface area contributed by atoms with Crippen molar-refractivity contribution in [1.82, 2.24) is 0 Å². The van der Waals surface area contributed by atoms with Gasteiger partial charge in [-0.15, -0.1) is 0 Å². The maximum Gasteiger partial charge on any atom is 0.306 e. The molecular formula is C20H19Cl4IO3. The first-order chi connectivity index (χ1) is 12.9. The van der Waals surface area contributed by atoms with Gasteiger partial charge in [0.1, 0.15) is 5.60 Å². The van der Waals surface area contributed by atoms with E-state index in [1.54, 1.807) is 18.2 Å². The molecule has 0 radical (unpaired) electrons. The number of carbonyl (C=O) groups is 2. The van der Waals surface area contributed by atoms with Crippen LogP contribution in [0.3, 0.4) is 0 Å². The zero-order valence-corrected chi connectivity index (χ0v) is 20.7. The van der Waals surface area contributed by atoms with Crippen molar-refractivity contribution in [3.8, 4) is 0 Å². The number of hydrogen-bond acceptors (Lipinski definition) is 3. The predicted molar refractivity (Wildman–Crippen MR) is 125 cm³/mol. The summed E-state index contributed by atoms with van der Waals surface area (Å²) in [6.45, 7) is 5.45. The van der Waals surface area contributed by atoms with Crippen molar-refractivity contribution in [2.45, 2.75) is 39.2 Å². The second kappa shape index (κ2) is 11.6. The Bertz CT molecular complexity index is 825. The Morgan fingerprint density at radius 2 is 1.61 bits per heavy atom. The van der Waals surface area contributed by atoms with Gasteiger partial charge in [-0.05, 0) is 85.7 Å². The SMILES string of the molecule is CC(C)(C)OC(=O)CCc1cc(Cl)c(C=O)c(Cl)c1.Clc1ccc(I)c(Cl)c1. The van der Waals surface area contributed by atoms with Crippen LogP contribution in [0.1, 0.15) is 43.1 Å². The van der Waals surface area contributed by atoms with Crippen LogP contribution in [0.2, 0.25) is 20.1 Å². The van der Waals surface area contributed by atoms with E-state index in [4.69, 9.17) is 51.1 Å². The van der Waals surface area contributed by atoms with E-state index in [0.29, 0.717) is 32.8 Å². The fourth-order valence-corrected chi connectivity index (χ4v) is 3.37. The predicted octanol–water partition coefficient (Wildman–Crippen LogP) is 7.68. The van der Waals surface area contributed by atoms with Gasteiger partial charge in [-0.2, -0.15) is 0 Å². The quantitative estimate of drug-likeness (QED) is 0.163. The van der Waals surface area contributed by atoms with Crippen molar-refractivity contribution in [3.63, 3.8) is 0 Å². The highest BCUT2D eigenvalue weighted by atomic mass is 127. The summed E-state index contributed by atoms with van der Waals surface area (Å²) in [6.07, 6.45) is 1.32. The van der Waals surface area contributed by atoms with Crippen LogP contribution >= 0.6 is 69.0 Å². The normalized spacial score (nSPS) is 10.7. The Morgan fingerprint density at radius 1 is 1.04 bits per heavy atom. The fourth-order valence-electron chi connectivity index (χ4n) is 2.00. The molecule has 28 heavy (non-hydrogen) atoms. The molecule has 8 heteroatoms. The Balaban J connectivity index is 0.000000362. The number of benzene rings is 2.